The lowest BCUT2D eigenvalue weighted by atomic mass is 9.89. The van der Waals surface area contributed by atoms with Crippen molar-refractivity contribution < 1.29 is 0 Å². The minimum Gasteiger partial charge on any atom is -0.298 e. The Kier molecular flexibility index (Phi) is 6.79. The number of hydrogen-bond donors (Lipinski definition) is 2. The van der Waals surface area contributed by atoms with Crippen LogP contribution in [0.2, 0.25) is 0 Å². The molecule has 0 aromatic carbocycles. The predicted octanol–water partition coefficient (Wildman–Crippen LogP) is 3.52. The summed E-state index contributed by atoms with van der Waals surface area (Å²) in [6.07, 6.45) is 11.5. The van der Waals surface area contributed by atoms with E-state index in [1.54, 1.807) is 0 Å². The number of rotatable bonds is 6. The maximum absolute atomic E-state index is 3.76. The molecule has 0 amide bonds. The van der Waals surface area contributed by atoms with Gasteiger partial charge in [0.25, 0.3) is 0 Å². The Bertz CT molecular complexity index is 253. The first kappa shape index (κ1) is 16.3. The predicted molar refractivity (Wildman–Crippen MR) is 86.4 cm³/mol. The van der Waals surface area contributed by atoms with Crippen LogP contribution in [0.25, 0.3) is 0 Å². The third kappa shape index (κ3) is 5.71. The molecule has 0 spiro atoms. The van der Waals surface area contributed by atoms with Crippen molar-refractivity contribution in [2.24, 2.45) is 11.8 Å². The molecule has 3 nitrogen and oxygen atoms in total. The molecule has 1 aliphatic heterocycles. The van der Waals surface area contributed by atoms with E-state index in [0.717, 1.165) is 17.9 Å². The summed E-state index contributed by atoms with van der Waals surface area (Å²) >= 11 is 0. The molecule has 0 radical (unpaired) electrons. The molecule has 1 heterocycles. The van der Waals surface area contributed by atoms with E-state index >= 15 is 0 Å². The van der Waals surface area contributed by atoms with Crippen LogP contribution < -0.4 is 10.7 Å². The summed E-state index contributed by atoms with van der Waals surface area (Å²) in [5.74, 6) is 1.81. The van der Waals surface area contributed by atoms with Crippen LogP contribution in [0.3, 0.4) is 0 Å². The fraction of sp³-hybridized carbons (Fsp3) is 1.00. The van der Waals surface area contributed by atoms with Crippen molar-refractivity contribution in [3.63, 3.8) is 0 Å². The summed E-state index contributed by atoms with van der Waals surface area (Å²) < 4.78 is 0. The van der Waals surface area contributed by atoms with Crippen molar-refractivity contribution in [1.82, 2.24) is 15.8 Å². The second kappa shape index (κ2) is 8.35. The summed E-state index contributed by atoms with van der Waals surface area (Å²) in [6.45, 7) is 9.40. The summed E-state index contributed by atoms with van der Waals surface area (Å²) in [5.41, 5.74) is 3.66. The van der Waals surface area contributed by atoms with Crippen molar-refractivity contribution in [1.29, 1.82) is 0 Å². The van der Waals surface area contributed by atoms with Crippen molar-refractivity contribution in [3.8, 4) is 0 Å². The first-order chi connectivity index (χ1) is 9.63. The number of hydrogen-bond acceptors (Lipinski definition) is 3. The van der Waals surface area contributed by atoms with Crippen LogP contribution in [0.5, 0.6) is 0 Å². The minimum absolute atomic E-state index is 0.416. The number of nitrogens with zero attached hydrogens (tertiary/aromatic N) is 1. The monoisotopic (exact) mass is 281 g/mol. The highest BCUT2D eigenvalue weighted by atomic mass is 15.5. The van der Waals surface area contributed by atoms with Crippen LogP contribution in [-0.2, 0) is 0 Å². The second-order valence-electron chi connectivity index (χ2n) is 7.41. The summed E-state index contributed by atoms with van der Waals surface area (Å²) in [4.78, 5) is 0. The summed E-state index contributed by atoms with van der Waals surface area (Å²) in [5, 5.41) is 6.20. The number of piperidine rings is 1. The van der Waals surface area contributed by atoms with Crippen LogP contribution in [0.4, 0.5) is 0 Å². The Morgan fingerprint density at radius 2 is 1.60 bits per heavy atom. The lowest BCUT2D eigenvalue weighted by Gasteiger charge is -2.36. The molecule has 20 heavy (non-hydrogen) atoms. The van der Waals surface area contributed by atoms with Crippen molar-refractivity contribution in [3.05, 3.63) is 0 Å². The Morgan fingerprint density at radius 3 is 2.20 bits per heavy atom. The molecular formula is C17H35N3. The van der Waals surface area contributed by atoms with Gasteiger partial charge in [0.2, 0.25) is 0 Å². The zero-order valence-corrected chi connectivity index (χ0v) is 13.8. The van der Waals surface area contributed by atoms with E-state index in [4.69, 9.17) is 0 Å². The van der Waals surface area contributed by atoms with Crippen LogP contribution in [0.15, 0.2) is 0 Å². The molecule has 2 aliphatic rings. The molecule has 2 fully saturated rings. The quantitative estimate of drug-likeness (QED) is 0.730. The molecule has 0 aromatic rings. The standard InChI is InChI=1S/C17H35N3/c1-14(2)13-16-9-11-20(12-10-16)19-15(3)18-17-7-5-4-6-8-17/h14-19H,4-13H2,1-3H3. The van der Waals surface area contributed by atoms with Crippen LogP contribution in [0.1, 0.15) is 72.1 Å². The summed E-state index contributed by atoms with van der Waals surface area (Å²) in [7, 11) is 0. The molecule has 1 aliphatic carbocycles. The van der Waals surface area contributed by atoms with E-state index < -0.39 is 0 Å². The molecule has 0 aromatic heterocycles. The molecule has 2 rings (SSSR count). The first-order valence-electron chi connectivity index (χ1n) is 8.90. The molecule has 1 saturated carbocycles. The summed E-state index contributed by atoms with van der Waals surface area (Å²) in [6, 6.07) is 0.740. The van der Waals surface area contributed by atoms with Crippen LogP contribution >= 0.6 is 0 Å². The fourth-order valence-electron chi connectivity index (χ4n) is 3.90. The normalized spacial score (nSPS) is 25.2. The average molecular weight is 281 g/mol. The number of hydrazine groups is 1. The van der Waals surface area contributed by atoms with Gasteiger partial charge in [0.1, 0.15) is 0 Å². The topological polar surface area (TPSA) is 27.3 Å². The molecular weight excluding hydrogens is 246 g/mol. The van der Waals surface area contributed by atoms with Crippen LogP contribution in [-0.4, -0.2) is 30.3 Å². The Hall–Kier alpha value is -0.120. The van der Waals surface area contributed by atoms with E-state index in [0.29, 0.717) is 6.17 Å². The van der Waals surface area contributed by atoms with Gasteiger partial charge in [-0.1, -0.05) is 33.1 Å². The van der Waals surface area contributed by atoms with Crippen molar-refractivity contribution in [2.75, 3.05) is 13.1 Å². The second-order valence-corrected chi connectivity index (χ2v) is 7.41. The van der Waals surface area contributed by atoms with Gasteiger partial charge in [-0.15, -0.1) is 0 Å². The smallest absolute Gasteiger partial charge is 0.0679 e. The molecule has 118 valence electrons. The van der Waals surface area contributed by atoms with Gasteiger partial charge in [-0.05, 0) is 50.9 Å². The first-order valence-corrected chi connectivity index (χ1v) is 8.90. The van der Waals surface area contributed by atoms with E-state index in [-0.39, 0.29) is 0 Å². The Balaban J connectivity index is 1.61. The van der Waals surface area contributed by atoms with Gasteiger partial charge in [-0.3, -0.25) is 5.32 Å². The zero-order chi connectivity index (χ0) is 14.4. The van der Waals surface area contributed by atoms with Gasteiger partial charge in [0, 0.05) is 19.1 Å². The highest BCUT2D eigenvalue weighted by Crippen LogP contribution is 2.23. The molecule has 1 unspecified atom stereocenters. The minimum atomic E-state index is 0.416. The molecule has 2 N–H and O–H groups in total. The Morgan fingerprint density at radius 1 is 0.950 bits per heavy atom. The van der Waals surface area contributed by atoms with E-state index in [9.17, 15) is 0 Å². The van der Waals surface area contributed by atoms with Crippen LogP contribution in [0, 0.1) is 11.8 Å². The van der Waals surface area contributed by atoms with Crippen molar-refractivity contribution >= 4 is 0 Å². The molecule has 1 saturated heterocycles. The Labute approximate surface area is 125 Å². The largest absolute Gasteiger partial charge is 0.298 e. The lowest BCUT2D eigenvalue weighted by molar-refractivity contribution is 0.0871. The molecule has 1 atom stereocenters. The van der Waals surface area contributed by atoms with Gasteiger partial charge in [-0.25, -0.2) is 10.4 Å². The van der Waals surface area contributed by atoms with Gasteiger partial charge < -0.3 is 0 Å². The third-order valence-electron chi connectivity index (χ3n) is 4.89. The maximum Gasteiger partial charge on any atom is 0.0679 e. The van der Waals surface area contributed by atoms with Crippen molar-refractivity contribution in [2.45, 2.75) is 84.3 Å². The molecule has 3 heteroatoms. The average Bonchev–Trinajstić information content (AvgIpc) is 2.41. The molecule has 0 bridgehead atoms. The SMILES string of the molecule is CC(C)CC1CCN(NC(C)NC2CCCCC2)CC1. The zero-order valence-electron chi connectivity index (χ0n) is 13.8. The van der Waals surface area contributed by atoms with E-state index in [1.807, 2.05) is 0 Å². The van der Waals surface area contributed by atoms with E-state index in [1.165, 1.54) is 64.5 Å². The van der Waals surface area contributed by atoms with E-state index in [2.05, 4.69) is 36.5 Å². The van der Waals surface area contributed by atoms with Gasteiger partial charge in [0.05, 0.1) is 6.17 Å². The highest BCUT2D eigenvalue weighted by Gasteiger charge is 2.22. The fourth-order valence-corrected chi connectivity index (χ4v) is 3.90. The number of nitrogens with one attached hydrogen (secondary N) is 2. The van der Waals surface area contributed by atoms with Gasteiger partial charge in [0.15, 0.2) is 0 Å². The lowest BCUT2D eigenvalue weighted by Crippen LogP contribution is -2.54. The highest BCUT2D eigenvalue weighted by molar-refractivity contribution is 4.76. The van der Waals surface area contributed by atoms with Gasteiger partial charge in [-0.2, -0.15) is 0 Å². The maximum atomic E-state index is 3.76. The third-order valence-corrected chi connectivity index (χ3v) is 4.89. The van der Waals surface area contributed by atoms with Gasteiger partial charge >= 0.3 is 0 Å².